The van der Waals surface area contributed by atoms with Crippen LogP contribution in [-0.4, -0.2) is 28.9 Å². The molecule has 5 aromatic carbocycles. The lowest BCUT2D eigenvalue weighted by Crippen LogP contribution is -2.21. The lowest BCUT2D eigenvalue weighted by atomic mass is 10.2. The minimum atomic E-state index is -4.09. The number of carbonyl (C=O) groups is 2. The highest BCUT2D eigenvalue weighted by Gasteiger charge is 2.19. The summed E-state index contributed by atoms with van der Waals surface area (Å²) in [4.78, 5) is 25.7. The van der Waals surface area contributed by atoms with Crippen LogP contribution in [0.2, 0.25) is 0 Å². The van der Waals surface area contributed by atoms with Gasteiger partial charge < -0.3 is 29.6 Å². The first-order chi connectivity index (χ1) is 23.3. The van der Waals surface area contributed by atoms with E-state index in [2.05, 4.69) is 21.3 Å². The fourth-order valence-corrected chi connectivity index (χ4v) is 6.61. The average molecular weight is 701 g/mol. The van der Waals surface area contributed by atoms with Crippen LogP contribution in [-0.2, 0) is 20.2 Å². The molecule has 14 heteroatoms. The molecule has 0 fully saturated rings. The number of anilines is 4. The summed E-state index contributed by atoms with van der Waals surface area (Å²) < 4.78 is 61.4. The third-order valence-electron chi connectivity index (χ3n) is 6.90. The van der Waals surface area contributed by atoms with Gasteiger partial charge in [-0.1, -0.05) is 42.5 Å². The third-order valence-corrected chi connectivity index (χ3v) is 9.38. The molecule has 0 heterocycles. The second-order valence-corrected chi connectivity index (χ2v) is 14.0. The Morgan fingerprint density at radius 2 is 0.918 bits per heavy atom. The fraction of sp³-hybridized carbons (Fsp3) is 0.0857. The van der Waals surface area contributed by atoms with E-state index in [0.29, 0.717) is 16.9 Å². The minimum Gasteiger partial charge on any atom is -0.379 e. The smallest absolute Gasteiger partial charge is 0.339 e. The second kappa shape index (κ2) is 14.5. The van der Waals surface area contributed by atoms with Gasteiger partial charge in [-0.2, -0.15) is 16.8 Å². The largest absolute Gasteiger partial charge is 0.379 e. The van der Waals surface area contributed by atoms with E-state index < -0.39 is 32.3 Å². The van der Waals surface area contributed by atoms with Crippen LogP contribution in [0.25, 0.3) is 0 Å². The van der Waals surface area contributed by atoms with Crippen LogP contribution in [0.3, 0.4) is 0 Å². The first kappa shape index (κ1) is 34.5. The Bertz CT molecular complexity index is 2260. The zero-order valence-corrected chi connectivity index (χ0v) is 28.2. The average Bonchev–Trinajstić information content (AvgIpc) is 3.02. The van der Waals surface area contributed by atoms with Crippen molar-refractivity contribution in [3.8, 4) is 11.5 Å². The molecule has 0 aliphatic carbocycles. The highest BCUT2D eigenvalue weighted by atomic mass is 32.2. The number of amides is 4. The zero-order valence-electron chi connectivity index (χ0n) is 26.6. The van der Waals surface area contributed by atoms with Crippen molar-refractivity contribution in [2.45, 2.75) is 30.6 Å². The van der Waals surface area contributed by atoms with E-state index in [0.717, 1.165) is 11.1 Å². The fourth-order valence-electron chi connectivity index (χ4n) is 4.56. The predicted molar refractivity (Wildman–Crippen MR) is 187 cm³/mol. The number of nitrogens with one attached hydrogen (secondary N) is 4. The van der Waals surface area contributed by atoms with E-state index >= 15 is 0 Å². The van der Waals surface area contributed by atoms with Gasteiger partial charge in [-0.15, -0.1) is 0 Å². The number of hydrogen-bond donors (Lipinski definition) is 4. The molecule has 0 saturated carbocycles. The van der Waals surface area contributed by atoms with Crippen LogP contribution in [0.5, 0.6) is 11.5 Å². The summed E-state index contributed by atoms with van der Waals surface area (Å²) in [5.41, 5.74) is 3.51. The third kappa shape index (κ3) is 9.37. The number of aryl methyl sites for hydroxylation is 3. The van der Waals surface area contributed by atoms with E-state index in [1.54, 1.807) is 75.4 Å². The van der Waals surface area contributed by atoms with Crippen LogP contribution >= 0.6 is 0 Å². The van der Waals surface area contributed by atoms with Crippen molar-refractivity contribution < 1.29 is 34.8 Å². The van der Waals surface area contributed by atoms with Crippen molar-refractivity contribution in [3.63, 3.8) is 0 Å². The van der Waals surface area contributed by atoms with Crippen molar-refractivity contribution in [1.29, 1.82) is 0 Å². The van der Waals surface area contributed by atoms with Crippen molar-refractivity contribution in [2.24, 2.45) is 0 Å². The summed E-state index contributed by atoms with van der Waals surface area (Å²) >= 11 is 0. The van der Waals surface area contributed by atoms with Gasteiger partial charge in [-0.05, 0) is 98.1 Å². The maximum Gasteiger partial charge on any atom is 0.339 e. The summed E-state index contributed by atoms with van der Waals surface area (Å²) in [7, 11) is -8.18. The molecule has 0 unspecified atom stereocenters. The van der Waals surface area contributed by atoms with Gasteiger partial charge >= 0.3 is 32.3 Å². The Balaban J connectivity index is 1.19. The molecule has 4 N–H and O–H groups in total. The number of benzene rings is 5. The molecule has 0 bridgehead atoms. The van der Waals surface area contributed by atoms with E-state index in [9.17, 15) is 26.4 Å². The summed E-state index contributed by atoms with van der Waals surface area (Å²) in [6.07, 6.45) is 0. The molecule has 0 aromatic heterocycles. The normalized spacial score (nSPS) is 11.2. The van der Waals surface area contributed by atoms with Crippen LogP contribution in [0.15, 0.2) is 125 Å². The summed E-state index contributed by atoms with van der Waals surface area (Å²) in [6, 6.07) is 28.1. The predicted octanol–water partition coefficient (Wildman–Crippen LogP) is 7.44. The topological polar surface area (TPSA) is 169 Å². The molecule has 49 heavy (non-hydrogen) atoms. The molecule has 12 nitrogen and oxygen atoms in total. The van der Waals surface area contributed by atoms with Crippen molar-refractivity contribution in [1.82, 2.24) is 0 Å². The van der Waals surface area contributed by atoms with Gasteiger partial charge in [0, 0.05) is 34.9 Å². The standard InChI is InChI=1S/C35H32N4O8S2/c1-23-8-4-14-31(18-23)48(42,43)46-29-12-6-10-26(20-29)36-34(40)38-28-17-16-25(3)33(22-28)39-35(41)37-27-11-7-13-30(21-27)47-49(44,45)32-15-5-9-24(2)19-32/h4-22H,1-3H3,(H2,36,38,40)(H2,37,39,41). The number of hydrogen-bond acceptors (Lipinski definition) is 8. The summed E-state index contributed by atoms with van der Waals surface area (Å²) in [5, 5.41) is 10.7. The maximum absolute atomic E-state index is 12.9. The van der Waals surface area contributed by atoms with Gasteiger partial charge in [0.2, 0.25) is 0 Å². The van der Waals surface area contributed by atoms with Crippen LogP contribution in [0.4, 0.5) is 32.3 Å². The first-order valence-electron chi connectivity index (χ1n) is 14.7. The second-order valence-electron chi connectivity index (χ2n) is 11.0. The van der Waals surface area contributed by atoms with E-state index in [4.69, 9.17) is 8.37 Å². The van der Waals surface area contributed by atoms with Crippen LogP contribution in [0.1, 0.15) is 16.7 Å². The molecule has 0 aliphatic heterocycles. The van der Waals surface area contributed by atoms with Gasteiger partial charge in [-0.3, -0.25) is 0 Å². The molecule has 5 rings (SSSR count). The molecular weight excluding hydrogens is 669 g/mol. The Morgan fingerprint density at radius 3 is 1.39 bits per heavy atom. The Hall–Kier alpha value is -5.86. The van der Waals surface area contributed by atoms with E-state index in [1.807, 2.05) is 0 Å². The Morgan fingerprint density at radius 1 is 0.490 bits per heavy atom. The van der Waals surface area contributed by atoms with E-state index in [-0.39, 0.29) is 32.7 Å². The quantitative estimate of drug-likeness (QED) is 0.109. The maximum atomic E-state index is 12.9. The molecule has 0 saturated heterocycles. The highest BCUT2D eigenvalue weighted by Crippen LogP contribution is 2.26. The van der Waals surface area contributed by atoms with Crippen LogP contribution < -0.4 is 29.6 Å². The minimum absolute atomic E-state index is 0.00736. The summed E-state index contributed by atoms with van der Waals surface area (Å²) in [5.74, 6) is 0.0230. The van der Waals surface area contributed by atoms with Crippen molar-refractivity contribution in [3.05, 3.63) is 132 Å². The molecule has 0 spiro atoms. The monoisotopic (exact) mass is 700 g/mol. The van der Waals surface area contributed by atoms with Gasteiger partial charge in [0.25, 0.3) is 0 Å². The lowest BCUT2D eigenvalue weighted by molar-refractivity contribution is 0.261. The number of carbonyl (C=O) groups excluding carboxylic acids is 2. The highest BCUT2D eigenvalue weighted by molar-refractivity contribution is 7.87. The Labute approximate surface area is 284 Å². The SMILES string of the molecule is Cc1cccc(S(=O)(=O)Oc2cccc(NC(=O)Nc3ccc(C)c(NC(=O)Nc4cccc(OS(=O)(=O)c5cccc(C)c5)c4)c3)c2)c1. The van der Waals surface area contributed by atoms with Gasteiger partial charge in [0.1, 0.15) is 21.3 Å². The van der Waals surface area contributed by atoms with Gasteiger partial charge in [0.05, 0.1) is 0 Å². The van der Waals surface area contributed by atoms with Crippen molar-refractivity contribution >= 4 is 55.0 Å². The van der Waals surface area contributed by atoms with Gasteiger partial charge in [0.15, 0.2) is 0 Å². The summed E-state index contributed by atoms with van der Waals surface area (Å²) in [6.45, 7) is 5.30. The van der Waals surface area contributed by atoms with Crippen LogP contribution in [0, 0.1) is 20.8 Å². The Kier molecular flexibility index (Phi) is 10.2. The van der Waals surface area contributed by atoms with Gasteiger partial charge in [-0.25, -0.2) is 9.59 Å². The molecule has 252 valence electrons. The molecular formula is C35H32N4O8S2. The first-order valence-corrected chi connectivity index (χ1v) is 17.6. The molecule has 5 aromatic rings. The number of rotatable bonds is 10. The molecule has 0 aliphatic rings. The lowest BCUT2D eigenvalue weighted by Gasteiger charge is -2.14. The number of urea groups is 2. The molecule has 0 atom stereocenters. The van der Waals surface area contributed by atoms with Crippen molar-refractivity contribution in [2.75, 3.05) is 21.3 Å². The van der Waals surface area contributed by atoms with E-state index in [1.165, 1.54) is 60.7 Å². The zero-order chi connectivity index (χ0) is 35.2. The molecule has 0 radical (unpaired) electrons. The molecule has 4 amide bonds.